The lowest BCUT2D eigenvalue weighted by Gasteiger charge is -2.29. The van der Waals surface area contributed by atoms with Gasteiger partial charge in [-0.2, -0.15) is 15.2 Å². The number of aromatic nitrogens is 6. The van der Waals surface area contributed by atoms with Gasteiger partial charge in [-0.3, -0.25) is 0 Å². The fraction of sp³-hybridized carbons (Fsp3) is 0.353. The molecule has 1 amide bonds. The summed E-state index contributed by atoms with van der Waals surface area (Å²) < 4.78 is 30.5. The number of carboxylic acid groups (broad SMARTS) is 1. The number of anilines is 1. The van der Waals surface area contributed by atoms with Gasteiger partial charge in [0.05, 0.1) is 13.1 Å². The number of benzene rings is 1. The molecule has 1 atom stereocenters. The lowest BCUT2D eigenvalue weighted by Crippen LogP contribution is -2.38. The third kappa shape index (κ3) is 5.26. The van der Waals surface area contributed by atoms with Gasteiger partial charge in [-0.15, -0.1) is 0 Å². The van der Waals surface area contributed by atoms with Crippen LogP contribution in [0.5, 0.6) is 0 Å². The first-order valence-electron chi connectivity index (χ1n) is 8.96. The predicted octanol–water partition coefficient (Wildman–Crippen LogP) is 0.805. The van der Waals surface area contributed by atoms with E-state index < -0.39 is 23.3 Å². The van der Waals surface area contributed by atoms with E-state index in [1.807, 2.05) is 0 Å². The molecule has 3 rings (SSSR count). The van der Waals surface area contributed by atoms with Crippen molar-refractivity contribution in [1.29, 1.82) is 0 Å². The van der Waals surface area contributed by atoms with E-state index in [2.05, 4.69) is 30.8 Å². The highest BCUT2D eigenvalue weighted by atomic mass is 19.1. The van der Waals surface area contributed by atoms with Crippen LogP contribution in [0.4, 0.5) is 19.5 Å². The van der Waals surface area contributed by atoms with Gasteiger partial charge >= 0.3 is 6.09 Å². The van der Waals surface area contributed by atoms with Gasteiger partial charge in [-0.25, -0.2) is 27.9 Å². The van der Waals surface area contributed by atoms with Crippen molar-refractivity contribution in [2.24, 2.45) is 0 Å². The van der Waals surface area contributed by atoms with Crippen LogP contribution in [0.3, 0.4) is 0 Å². The van der Waals surface area contributed by atoms with E-state index in [1.54, 1.807) is 0 Å². The zero-order valence-corrected chi connectivity index (χ0v) is 15.7. The van der Waals surface area contributed by atoms with Gasteiger partial charge in [0.1, 0.15) is 36.2 Å². The van der Waals surface area contributed by atoms with Crippen LogP contribution >= 0.6 is 0 Å². The highest BCUT2D eigenvalue weighted by Gasteiger charge is 2.35. The van der Waals surface area contributed by atoms with Crippen molar-refractivity contribution >= 4 is 12.0 Å². The number of halogens is 2. The van der Waals surface area contributed by atoms with E-state index in [4.69, 9.17) is 5.11 Å². The number of nitrogens with one attached hydrogen (secondary N) is 2. The molecule has 1 aromatic carbocycles. The van der Waals surface area contributed by atoms with Crippen molar-refractivity contribution in [3.8, 4) is 0 Å². The predicted molar refractivity (Wildman–Crippen MR) is 99.4 cm³/mol. The number of aliphatic hydroxyl groups is 1. The molecular formula is C17H20F2N8O3. The summed E-state index contributed by atoms with van der Waals surface area (Å²) in [6.45, 7) is 0.237. The lowest BCUT2D eigenvalue weighted by molar-refractivity contribution is -0.00801. The molecule has 0 fully saturated rings. The number of nitrogens with zero attached hydrogens (tertiary/aromatic N) is 6. The largest absolute Gasteiger partial charge is 0.465 e. The van der Waals surface area contributed by atoms with E-state index in [9.17, 15) is 18.7 Å². The van der Waals surface area contributed by atoms with Crippen molar-refractivity contribution in [2.45, 2.75) is 25.1 Å². The fourth-order valence-corrected chi connectivity index (χ4v) is 2.92. The second-order valence-corrected chi connectivity index (χ2v) is 6.50. The van der Waals surface area contributed by atoms with Crippen LogP contribution in [0, 0.1) is 11.6 Å². The van der Waals surface area contributed by atoms with Crippen LogP contribution in [-0.2, 0) is 18.7 Å². The Bertz CT molecular complexity index is 981. The van der Waals surface area contributed by atoms with E-state index in [0.29, 0.717) is 25.0 Å². The van der Waals surface area contributed by atoms with Crippen LogP contribution in [0.25, 0.3) is 0 Å². The van der Waals surface area contributed by atoms with Crippen molar-refractivity contribution < 1.29 is 23.8 Å². The van der Waals surface area contributed by atoms with Gasteiger partial charge in [0.15, 0.2) is 0 Å². The molecule has 2 heterocycles. The topological polar surface area (TPSA) is 143 Å². The lowest BCUT2D eigenvalue weighted by atomic mass is 9.93. The third-order valence-corrected chi connectivity index (χ3v) is 4.26. The third-order valence-electron chi connectivity index (χ3n) is 4.26. The first-order chi connectivity index (χ1) is 14.4. The van der Waals surface area contributed by atoms with Crippen LogP contribution in [0.15, 0.2) is 37.2 Å². The molecule has 2 aromatic heterocycles. The molecule has 0 saturated heterocycles. The quantitative estimate of drug-likeness (QED) is 0.352. The van der Waals surface area contributed by atoms with Crippen molar-refractivity contribution in [3.05, 3.63) is 54.4 Å². The standard InChI is InChI=1S/C17H20F2N8O3/c18-12-2-3-13(14(19)6-12)17(30,7-26-11-20-9-24-26)8-27-15(23-10-25-27)21-4-1-5-22-16(28)29/h2-3,6,9-11,22,30H,1,4-5,7-8H2,(H,28,29)(H,21,23,25). The Balaban J connectivity index is 1.79. The summed E-state index contributed by atoms with van der Waals surface area (Å²) in [7, 11) is 0. The number of amides is 1. The monoisotopic (exact) mass is 422 g/mol. The van der Waals surface area contributed by atoms with Gasteiger partial charge in [0.2, 0.25) is 5.95 Å². The van der Waals surface area contributed by atoms with E-state index in [-0.39, 0.29) is 25.2 Å². The summed E-state index contributed by atoms with van der Waals surface area (Å²) in [5.74, 6) is -1.38. The Morgan fingerprint density at radius 2 is 2.00 bits per heavy atom. The van der Waals surface area contributed by atoms with Gasteiger partial charge in [-0.1, -0.05) is 6.07 Å². The molecule has 0 spiro atoms. The molecule has 1 unspecified atom stereocenters. The molecule has 13 heteroatoms. The summed E-state index contributed by atoms with van der Waals surface area (Å²) in [6, 6.07) is 2.92. The number of carbonyl (C=O) groups is 1. The summed E-state index contributed by atoms with van der Waals surface area (Å²) in [6.07, 6.45) is 3.26. The Morgan fingerprint density at radius 1 is 1.17 bits per heavy atom. The molecule has 0 radical (unpaired) electrons. The molecule has 160 valence electrons. The highest BCUT2D eigenvalue weighted by Crippen LogP contribution is 2.29. The zero-order valence-electron chi connectivity index (χ0n) is 15.7. The maximum Gasteiger partial charge on any atom is 0.404 e. The van der Waals surface area contributed by atoms with Crippen LogP contribution in [0.2, 0.25) is 0 Å². The van der Waals surface area contributed by atoms with Crippen molar-refractivity contribution in [3.63, 3.8) is 0 Å². The van der Waals surface area contributed by atoms with E-state index in [1.165, 1.54) is 34.4 Å². The van der Waals surface area contributed by atoms with E-state index >= 15 is 0 Å². The Labute approximate surface area is 169 Å². The molecule has 11 nitrogen and oxygen atoms in total. The van der Waals surface area contributed by atoms with Crippen LogP contribution < -0.4 is 10.6 Å². The number of hydrogen-bond acceptors (Lipinski definition) is 7. The molecule has 0 aliphatic rings. The van der Waals surface area contributed by atoms with E-state index in [0.717, 1.165) is 6.07 Å². The smallest absolute Gasteiger partial charge is 0.404 e. The maximum absolute atomic E-state index is 14.5. The number of rotatable bonds is 10. The van der Waals surface area contributed by atoms with Gasteiger partial charge in [-0.05, 0) is 12.5 Å². The Morgan fingerprint density at radius 3 is 2.70 bits per heavy atom. The van der Waals surface area contributed by atoms with Crippen LogP contribution in [0.1, 0.15) is 12.0 Å². The zero-order chi connectivity index (χ0) is 21.6. The fourth-order valence-electron chi connectivity index (χ4n) is 2.92. The van der Waals surface area contributed by atoms with Crippen molar-refractivity contribution in [1.82, 2.24) is 34.8 Å². The maximum atomic E-state index is 14.5. The van der Waals surface area contributed by atoms with Gasteiger partial charge in [0.25, 0.3) is 0 Å². The summed E-state index contributed by atoms with van der Waals surface area (Å²) in [5.41, 5.74) is -1.98. The minimum absolute atomic E-state index is 0.133. The molecule has 30 heavy (non-hydrogen) atoms. The molecule has 0 aliphatic heterocycles. The second-order valence-electron chi connectivity index (χ2n) is 6.50. The Hall–Kier alpha value is -3.61. The minimum atomic E-state index is -1.85. The molecular weight excluding hydrogens is 402 g/mol. The first kappa shape index (κ1) is 21.1. The Kier molecular flexibility index (Phi) is 6.51. The normalized spacial score (nSPS) is 13.0. The van der Waals surface area contributed by atoms with Crippen LogP contribution in [-0.4, -0.2) is 58.9 Å². The summed E-state index contributed by atoms with van der Waals surface area (Å²) in [5, 5.41) is 33.1. The molecule has 0 saturated carbocycles. The number of hydrogen-bond donors (Lipinski definition) is 4. The minimum Gasteiger partial charge on any atom is -0.465 e. The molecule has 0 aliphatic carbocycles. The SMILES string of the molecule is O=C(O)NCCCNc1ncnn1CC(O)(Cn1cncn1)c1ccc(F)cc1F. The average Bonchev–Trinajstić information content (AvgIpc) is 3.33. The summed E-state index contributed by atoms with van der Waals surface area (Å²) >= 11 is 0. The highest BCUT2D eigenvalue weighted by molar-refractivity contribution is 5.64. The van der Waals surface area contributed by atoms with Gasteiger partial charge < -0.3 is 20.8 Å². The van der Waals surface area contributed by atoms with Crippen molar-refractivity contribution in [2.75, 3.05) is 18.4 Å². The second kappa shape index (κ2) is 9.26. The molecule has 0 bridgehead atoms. The summed E-state index contributed by atoms with van der Waals surface area (Å²) in [4.78, 5) is 18.3. The first-order valence-corrected chi connectivity index (χ1v) is 8.96. The van der Waals surface area contributed by atoms with Gasteiger partial charge in [0, 0.05) is 24.7 Å². The average molecular weight is 422 g/mol. The molecule has 4 N–H and O–H groups in total. The molecule has 3 aromatic rings.